The Morgan fingerprint density at radius 2 is 1.76 bits per heavy atom. The molecule has 0 aromatic heterocycles. The summed E-state index contributed by atoms with van der Waals surface area (Å²) in [6, 6.07) is 0. The van der Waals surface area contributed by atoms with Crippen molar-refractivity contribution in [1.82, 2.24) is 4.90 Å². The Labute approximate surface area is 146 Å². The van der Waals surface area contributed by atoms with Crippen molar-refractivity contribution < 1.29 is 32.0 Å². The molecule has 2 heterocycles. The number of alkyl halides is 3. The number of piperidine rings is 1. The van der Waals surface area contributed by atoms with Crippen LogP contribution in [0.15, 0.2) is 11.3 Å². The largest absolute Gasteiger partial charge is 0.525 e. The number of halogens is 4. The molecule has 0 spiro atoms. The molecular formula is C16H26BF4NO3. The van der Waals surface area contributed by atoms with E-state index in [9.17, 15) is 22.7 Å². The Bertz CT molecular complexity index is 506. The number of nitrogens with zero attached hydrogens (tertiary/aromatic N) is 1. The average Bonchev–Trinajstić information content (AvgIpc) is 2.71. The van der Waals surface area contributed by atoms with Gasteiger partial charge in [-0.05, 0) is 53.0 Å². The van der Waals surface area contributed by atoms with E-state index in [4.69, 9.17) is 9.31 Å². The first kappa shape index (κ1) is 20.7. The number of aliphatic hydroxyl groups is 1. The lowest BCUT2D eigenvalue weighted by Gasteiger charge is -2.33. The maximum absolute atomic E-state index is 14.7. The summed E-state index contributed by atoms with van der Waals surface area (Å²) in [7, 11) is -1.67. The van der Waals surface area contributed by atoms with Crippen molar-refractivity contribution in [2.45, 2.75) is 57.9 Å². The van der Waals surface area contributed by atoms with Crippen molar-refractivity contribution in [3.8, 4) is 0 Å². The molecule has 0 amide bonds. The minimum Gasteiger partial charge on any atom is -0.398 e. The van der Waals surface area contributed by atoms with E-state index in [-0.39, 0.29) is 12.5 Å². The van der Waals surface area contributed by atoms with Crippen LogP contribution < -0.4 is 0 Å². The van der Waals surface area contributed by atoms with Crippen LogP contribution in [0.25, 0.3) is 0 Å². The van der Waals surface area contributed by atoms with Crippen LogP contribution in [0.3, 0.4) is 0 Å². The minimum absolute atomic E-state index is 0.0804. The van der Waals surface area contributed by atoms with Gasteiger partial charge in [0, 0.05) is 19.7 Å². The van der Waals surface area contributed by atoms with Crippen molar-refractivity contribution in [3.63, 3.8) is 0 Å². The van der Waals surface area contributed by atoms with Crippen LogP contribution in [0.5, 0.6) is 0 Å². The summed E-state index contributed by atoms with van der Waals surface area (Å²) in [6.45, 7) is 6.72. The van der Waals surface area contributed by atoms with Crippen molar-refractivity contribution >= 4 is 7.12 Å². The Kier molecular flexibility index (Phi) is 5.93. The first-order valence-electron chi connectivity index (χ1n) is 8.52. The summed E-state index contributed by atoms with van der Waals surface area (Å²) in [5.41, 5.74) is -4.53. The molecule has 2 aliphatic rings. The van der Waals surface area contributed by atoms with E-state index < -0.39 is 42.3 Å². The Morgan fingerprint density at radius 3 is 2.24 bits per heavy atom. The SMILES string of the molecule is CC1(C)OB(C(F)=C(CN2CCCC(CO)C2)C(F)(F)F)OC1(C)C. The second-order valence-electron chi connectivity index (χ2n) is 7.84. The van der Waals surface area contributed by atoms with E-state index in [2.05, 4.69) is 0 Å². The Balaban J connectivity index is 2.23. The van der Waals surface area contributed by atoms with E-state index in [1.807, 2.05) is 0 Å². The van der Waals surface area contributed by atoms with Crippen molar-refractivity contribution in [1.29, 1.82) is 0 Å². The molecule has 25 heavy (non-hydrogen) atoms. The normalized spacial score (nSPS) is 28.2. The molecule has 144 valence electrons. The van der Waals surface area contributed by atoms with Crippen molar-refractivity contribution in [2.24, 2.45) is 5.92 Å². The highest BCUT2D eigenvalue weighted by atomic mass is 19.4. The van der Waals surface area contributed by atoms with Crippen LogP contribution in [0.1, 0.15) is 40.5 Å². The van der Waals surface area contributed by atoms with Gasteiger partial charge < -0.3 is 14.4 Å². The standard InChI is InChI=1S/C16H26BF4NO3/c1-14(2)15(3,4)25-17(24-14)13(18)12(16(19,20)21)9-22-7-5-6-11(8-22)10-23/h11,23H,5-10H2,1-4H3. The predicted molar refractivity (Wildman–Crippen MR) is 86.5 cm³/mol. The number of hydrogen-bond donors (Lipinski definition) is 1. The van der Waals surface area contributed by atoms with Gasteiger partial charge in [0.2, 0.25) is 0 Å². The fraction of sp³-hybridized carbons (Fsp3) is 0.875. The minimum atomic E-state index is -4.82. The lowest BCUT2D eigenvalue weighted by molar-refractivity contribution is -0.0983. The Hall–Kier alpha value is -0.635. The van der Waals surface area contributed by atoms with Gasteiger partial charge in [0.25, 0.3) is 0 Å². The number of aliphatic hydroxyl groups excluding tert-OH is 1. The molecule has 0 aliphatic carbocycles. The number of hydrogen-bond acceptors (Lipinski definition) is 4. The molecule has 2 saturated heterocycles. The highest BCUT2D eigenvalue weighted by Crippen LogP contribution is 2.41. The van der Waals surface area contributed by atoms with Gasteiger partial charge in [-0.25, -0.2) is 4.39 Å². The molecule has 2 rings (SSSR count). The molecule has 0 aromatic carbocycles. The molecule has 1 unspecified atom stereocenters. The topological polar surface area (TPSA) is 41.9 Å². The quantitative estimate of drug-likeness (QED) is 0.613. The fourth-order valence-electron chi connectivity index (χ4n) is 3.06. The molecule has 0 aromatic rings. The maximum Gasteiger partial charge on any atom is 0.525 e. The zero-order chi connectivity index (χ0) is 19.0. The molecule has 0 saturated carbocycles. The predicted octanol–water partition coefficient (Wildman–Crippen LogP) is 3.11. The molecule has 4 nitrogen and oxygen atoms in total. The van der Waals surface area contributed by atoms with Crippen molar-refractivity contribution in [3.05, 3.63) is 11.3 Å². The van der Waals surface area contributed by atoms with Crippen LogP contribution in [-0.2, 0) is 9.31 Å². The van der Waals surface area contributed by atoms with Crippen LogP contribution >= 0.6 is 0 Å². The summed E-state index contributed by atoms with van der Waals surface area (Å²) in [6.07, 6.45) is -3.38. The zero-order valence-corrected chi connectivity index (χ0v) is 15.1. The third kappa shape index (κ3) is 4.56. The van der Waals surface area contributed by atoms with E-state index in [1.54, 1.807) is 27.7 Å². The molecule has 2 fully saturated rings. The number of rotatable bonds is 4. The molecule has 1 N–H and O–H groups in total. The first-order chi connectivity index (χ1) is 11.4. The molecule has 0 radical (unpaired) electrons. The van der Waals surface area contributed by atoms with Gasteiger partial charge in [-0.15, -0.1) is 0 Å². The van der Waals surface area contributed by atoms with Gasteiger partial charge in [-0.3, -0.25) is 4.90 Å². The summed E-state index contributed by atoms with van der Waals surface area (Å²) in [5, 5.41) is 9.22. The molecule has 0 bridgehead atoms. The average molecular weight is 367 g/mol. The van der Waals surface area contributed by atoms with Gasteiger partial charge >= 0.3 is 13.3 Å². The third-order valence-corrected chi connectivity index (χ3v) is 5.33. The zero-order valence-electron chi connectivity index (χ0n) is 15.1. The molecular weight excluding hydrogens is 341 g/mol. The van der Waals surface area contributed by atoms with Crippen LogP contribution in [0.4, 0.5) is 17.6 Å². The Morgan fingerprint density at radius 1 is 1.20 bits per heavy atom. The van der Waals surface area contributed by atoms with E-state index in [0.29, 0.717) is 19.5 Å². The molecule has 1 atom stereocenters. The van der Waals surface area contributed by atoms with E-state index in [1.165, 1.54) is 4.90 Å². The van der Waals surface area contributed by atoms with Gasteiger partial charge in [0.05, 0.1) is 16.8 Å². The second kappa shape index (κ2) is 7.17. The lowest BCUT2D eigenvalue weighted by atomic mass is 9.84. The summed E-state index contributed by atoms with van der Waals surface area (Å²) < 4.78 is 65.9. The monoisotopic (exact) mass is 367 g/mol. The van der Waals surface area contributed by atoms with Crippen LogP contribution in [0, 0.1) is 5.92 Å². The van der Waals surface area contributed by atoms with Crippen LogP contribution in [0.2, 0.25) is 0 Å². The van der Waals surface area contributed by atoms with Gasteiger partial charge in [0.1, 0.15) is 5.73 Å². The molecule has 2 aliphatic heterocycles. The summed E-state index contributed by atoms with van der Waals surface area (Å²) >= 11 is 0. The number of likely N-dealkylation sites (tertiary alicyclic amines) is 1. The highest BCUT2D eigenvalue weighted by Gasteiger charge is 2.55. The van der Waals surface area contributed by atoms with E-state index in [0.717, 1.165) is 6.42 Å². The fourth-order valence-corrected chi connectivity index (χ4v) is 3.06. The lowest BCUT2D eigenvalue weighted by Crippen LogP contribution is -2.41. The summed E-state index contributed by atoms with van der Waals surface area (Å²) in [4.78, 5) is 1.53. The highest BCUT2D eigenvalue weighted by molar-refractivity contribution is 6.53. The maximum atomic E-state index is 14.7. The van der Waals surface area contributed by atoms with Gasteiger partial charge in [-0.1, -0.05) is 0 Å². The van der Waals surface area contributed by atoms with Crippen molar-refractivity contribution in [2.75, 3.05) is 26.2 Å². The summed E-state index contributed by atoms with van der Waals surface area (Å²) in [5.74, 6) is -0.0804. The van der Waals surface area contributed by atoms with Gasteiger partial charge in [0.15, 0.2) is 0 Å². The first-order valence-corrected chi connectivity index (χ1v) is 8.52. The van der Waals surface area contributed by atoms with Gasteiger partial charge in [-0.2, -0.15) is 13.2 Å². The smallest absolute Gasteiger partial charge is 0.398 e. The van der Waals surface area contributed by atoms with E-state index >= 15 is 0 Å². The third-order valence-electron chi connectivity index (χ3n) is 5.33. The molecule has 9 heteroatoms. The van der Waals surface area contributed by atoms with Crippen LogP contribution in [-0.4, -0.2) is 60.7 Å². The second-order valence-corrected chi connectivity index (χ2v) is 7.84.